The summed E-state index contributed by atoms with van der Waals surface area (Å²) < 4.78 is 17.3. The van der Waals surface area contributed by atoms with Crippen molar-refractivity contribution in [1.82, 2.24) is 4.90 Å². The van der Waals surface area contributed by atoms with Gasteiger partial charge in [-0.25, -0.2) is 0 Å². The molecule has 0 spiro atoms. The van der Waals surface area contributed by atoms with Gasteiger partial charge < -0.3 is 18.2 Å². The Bertz CT molecular complexity index is 454. The number of benzene rings is 1. The van der Waals surface area contributed by atoms with Gasteiger partial charge in [0, 0.05) is 45.4 Å². The molecule has 0 unspecified atom stereocenters. The molecule has 0 saturated heterocycles. The highest BCUT2D eigenvalue weighted by atomic mass is 32.2. The zero-order valence-corrected chi connectivity index (χ0v) is 16.6. The monoisotopic (exact) mass is 359 g/mol. The van der Waals surface area contributed by atoms with Gasteiger partial charge in [0.2, 0.25) is 0 Å². The Hall–Kier alpha value is -0.443. The Morgan fingerprint density at radius 2 is 1.55 bits per heavy atom. The van der Waals surface area contributed by atoms with E-state index in [2.05, 4.69) is 43.0 Å². The van der Waals surface area contributed by atoms with Crippen LogP contribution in [0.15, 0.2) is 29.2 Å². The second kappa shape index (κ2) is 9.64. The Morgan fingerprint density at radius 3 is 1.95 bits per heavy atom. The number of nitrogens with zero attached hydrogens (tertiary/aromatic N) is 1. The first-order valence-corrected chi connectivity index (χ1v) is 10.4. The minimum absolute atomic E-state index is 0.655. The summed E-state index contributed by atoms with van der Waals surface area (Å²) in [6.45, 7) is 6.10. The van der Waals surface area contributed by atoms with E-state index in [1.807, 2.05) is 0 Å². The molecule has 1 aromatic carbocycles. The lowest BCUT2D eigenvalue weighted by atomic mass is 10.2. The Balaban J connectivity index is 2.72. The van der Waals surface area contributed by atoms with Crippen LogP contribution in [0.4, 0.5) is 0 Å². The average Bonchev–Trinajstić information content (AvgIpc) is 2.55. The van der Waals surface area contributed by atoms with E-state index in [9.17, 15) is 0 Å². The van der Waals surface area contributed by atoms with Crippen molar-refractivity contribution in [2.45, 2.75) is 24.8 Å². The molecular weight excluding hydrogens is 334 g/mol. The molecule has 0 fully saturated rings. The lowest BCUT2D eigenvalue weighted by Gasteiger charge is -2.24. The summed E-state index contributed by atoms with van der Waals surface area (Å²) in [7, 11) is 2.31. The molecule has 0 N–H and O–H groups in total. The van der Waals surface area contributed by atoms with Gasteiger partial charge in [0.15, 0.2) is 0 Å². The van der Waals surface area contributed by atoms with Crippen LogP contribution in [0.2, 0.25) is 0 Å². The summed E-state index contributed by atoms with van der Waals surface area (Å²) in [5.41, 5.74) is 1.13. The van der Waals surface area contributed by atoms with Gasteiger partial charge in [0.05, 0.1) is 0 Å². The topological polar surface area (TPSA) is 30.9 Å². The fourth-order valence-corrected chi connectivity index (χ4v) is 5.12. The summed E-state index contributed by atoms with van der Waals surface area (Å²) in [4.78, 5) is 3.31. The highest BCUT2D eigenvalue weighted by Crippen LogP contribution is 2.23. The van der Waals surface area contributed by atoms with Crippen LogP contribution in [0.5, 0.6) is 0 Å². The van der Waals surface area contributed by atoms with Crippen LogP contribution in [0.25, 0.3) is 0 Å². The van der Waals surface area contributed by atoms with Crippen molar-refractivity contribution in [3.05, 3.63) is 29.8 Å². The maximum absolute atomic E-state index is 5.47. The van der Waals surface area contributed by atoms with Gasteiger partial charge in [-0.1, -0.05) is 36.1 Å². The molecule has 0 aromatic heterocycles. The average molecular weight is 360 g/mol. The van der Waals surface area contributed by atoms with E-state index in [1.165, 1.54) is 0 Å². The zero-order valence-electron chi connectivity index (χ0n) is 13.9. The first kappa shape index (κ1) is 19.6. The van der Waals surface area contributed by atoms with E-state index < -0.39 is 8.80 Å². The van der Waals surface area contributed by atoms with Crippen LogP contribution in [-0.4, -0.2) is 52.4 Å². The van der Waals surface area contributed by atoms with Crippen molar-refractivity contribution in [3.63, 3.8) is 0 Å². The second-order valence-corrected chi connectivity index (χ2v) is 9.31. The van der Waals surface area contributed by atoms with Gasteiger partial charge in [-0.15, -0.1) is 0 Å². The highest BCUT2D eigenvalue weighted by molar-refractivity contribution is 8.22. The van der Waals surface area contributed by atoms with Crippen LogP contribution in [0, 0.1) is 0 Å². The van der Waals surface area contributed by atoms with E-state index >= 15 is 0 Å². The van der Waals surface area contributed by atoms with E-state index in [4.69, 9.17) is 25.5 Å². The Morgan fingerprint density at radius 1 is 1.05 bits per heavy atom. The van der Waals surface area contributed by atoms with Crippen molar-refractivity contribution >= 4 is 37.1 Å². The number of thioether (sulfide) groups is 1. The normalized spacial score (nSPS) is 11.5. The zero-order chi connectivity index (χ0) is 16.6. The molecule has 124 valence electrons. The quantitative estimate of drug-likeness (QED) is 0.402. The van der Waals surface area contributed by atoms with Crippen LogP contribution < -0.4 is 0 Å². The Labute approximate surface area is 144 Å². The molecule has 0 atom stereocenters. The number of hydrogen-bond acceptors (Lipinski definition) is 5. The molecular formula is C15H25NO3S2Si. The van der Waals surface area contributed by atoms with Gasteiger partial charge in [-0.2, -0.15) is 0 Å². The summed E-state index contributed by atoms with van der Waals surface area (Å²) in [6.07, 6.45) is 0. The first-order valence-electron chi connectivity index (χ1n) is 7.25. The van der Waals surface area contributed by atoms with Gasteiger partial charge in [0.25, 0.3) is 0 Å². The molecule has 22 heavy (non-hydrogen) atoms. The second-order valence-electron chi connectivity index (χ2n) is 4.66. The molecule has 0 heterocycles. The molecule has 1 rings (SSSR count). The van der Waals surface area contributed by atoms with Crippen molar-refractivity contribution in [2.24, 2.45) is 0 Å². The van der Waals surface area contributed by atoms with Gasteiger partial charge in [0.1, 0.15) is 4.32 Å². The third-order valence-electron chi connectivity index (χ3n) is 3.50. The lowest BCUT2D eigenvalue weighted by Crippen LogP contribution is -2.45. The molecule has 1 aromatic rings. The summed E-state index contributed by atoms with van der Waals surface area (Å²) in [5, 5.41) is 0. The maximum atomic E-state index is 5.47. The SMILES string of the molecule is CCN(CC)C(=S)Sc1ccc(C[Si](OC)(OC)OC)cc1. The number of thiocarbonyl (C=S) groups is 1. The van der Waals surface area contributed by atoms with E-state index in [0.717, 1.165) is 27.9 Å². The number of rotatable bonds is 8. The predicted molar refractivity (Wildman–Crippen MR) is 98.3 cm³/mol. The number of hydrogen-bond donors (Lipinski definition) is 0. The maximum Gasteiger partial charge on any atom is 0.504 e. The van der Waals surface area contributed by atoms with E-state index in [0.29, 0.717) is 6.04 Å². The molecule has 4 nitrogen and oxygen atoms in total. The van der Waals surface area contributed by atoms with Crippen LogP contribution in [-0.2, 0) is 19.3 Å². The van der Waals surface area contributed by atoms with Crippen molar-refractivity contribution in [3.8, 4) is 0 Å². The van der Waals surface area contributed by atoms with Crippen molar-refractivity contribution < 1.29 is 13.3 Å². The molecule has 0 amide bonds. The molecule has 0 aliphatic carbocycles. The predicted octanol–water partition coefficient (Wildman–Crippen LogP) is 3.37. The molecule has 0 bridgehead atoms. The summed E-state index contributed by atoms with van der Waals surface area (Å²) >= 11 is 7.09. The summed E-state index contributed by atoms with van der Waals surface area (Å²) in [6, 6.07) is 8.96. The van der Waals surface area contributed by atoms with E-state index in [-0.39, 0.29) is 0 Å². The third kappa shape index (κ3) is 5.33. The van der Waals surface area contributed by atoms with Crippen LogP contribution in [0.3, 0.4) is 0 Å². The van der Waals surface area contributed by atoms with Crippen molar-refractivity contribution in [2.75, 3.05) is 34.4 Å². The first-order chi connectivity index (χ1) is 10.5. The molecule has 0 saturated carbocycles. The smallest absolute Gasteiger partial charge is 0.377 e. The van der Waals surface area contributed by atoms with Crippen LogP contribution in [0.1, 0.15) is 19.4 Å². The lowest BCUT2D eigenvalue weighted by molar-refractivity contribution is 0.122. The fraction of sp³-hybridized carbons (Fsp3) is 0.533. The van der Waals surface area contributed by atoms with Crippen LogP contribution >= 0.6 is 24.0 Å². The molecule has 7 heteroatoms. The summed E-state index contributed by atoms with van der Waals surface area (Å²) in [5.74, 6) is 0. The third-order valence-corrected chi connectivity index (χ3v) is 7.66. The van der Waals surface area contributed by atoms with Crippen molar-refractivity contribution in [1.29, 1.82) is 0 Å². The minimum atomic E-state index is -2.58. The minimum Gasteiger partial charge on any atom is -0.377 e. The molecule has 0 radical (unpaired) electrons. The van der Waals surface area contributed by atoms with E-state index in [1.54, 1.807) is 33.1 Å². The molecule has 0 aliphatic heterocycles. The molecule has 0 aliphatic rings. The van der Waals surface area contributed by atoms with Gasteiger partial charge in [-0.05, 0) is 31.5 Å². The standard InChI is InChI=1S/C15H25NO3S2Si/c1-6-16(7-2)15(20)21-14-10-8-13(9-11-14)12-22(17-3,18-4)19-5/h8-11H,6-7,12H2,1-5H3. The largest absolute Gasteiger partial charge is 0.504 e. The van der Waals surface area contributed by atoms with Gasteiger partial charge >= 0.3 is 8.80 Å². The Kier molecular flexibility index (Phi) is 8.59. The fourth-order valence-electron chi connectivity index (χ4n) is 2.04. The highest BCUT2D eigenvalue weighted by Gasteiger charge is 2.37. The van der Waals surface area contributed by atoms with Gasteiger partial charge in [-0.3, -0.25) is 0 Å².